The van der Waals surface area contributed by atoms with Gasteiger partial charge in [-0.1, -0.05) is 36.4 Å². The van der Waals surface area contributed by atoms with E-state index in [1.807, 2.05) is 67.6 Å². The van der Waals surface area contributed by atoms with E-state index in [4.69, 9.17) is 4.42 Å². The Labute approximate surface area is 144 Å². The van der Waals surface area contributed by atoms with Crippen molar-refractivity contribution in [3.63, 3.8) is 0 Å². The molecule has 0 saturated carbocycles. The molecule has 2 heterocycles. The minimum absolute atomic E-state index is 0.185. The van der Waals surface area contributed by atoms with Crippen LogP contribution in [0.4, 0.5) is 0 Å². The van der Waals surface area contributed by atoms with Crippen LogP contribution in [0.25, 0.3) is 16.7 Å². The van der Waals surface area contributed by atoms with Gasteiger partial charge in [0, 0.05) is 11.6 Å². The average molecular weight is 331 g/mol. The van der Waals surface area contributed by atoms with Crippen LogP contribution in [0.3, 0.4) is 0 Å². The van der Waals surface area contributed by atoms with Gasteiger partial charge in [0.2, 0.25) is 0 Å². The number of carbonyl (C=O) groups is 1. The first-order valence-electron chi connectivity index (χ1n) is 8.10. The lowest BCUT2D eigenvalue weighted by molar-refractivity contribution is 0.0935. The van der Waals surface area contributed by atoms with E-state index in [1.165, 1.54) is 0 Å². The van der Waals surface area contributed by atoms with E-state index in [0.717, 1.165) is 22.4 Å². The van der Waals surface area contributed by atoms with E-state index in [1.54, 1.807) is 17.1 Å². The van der Waals surface area contributed by atoms with Gasteiger partial charge in [-0.05, 0) is 31.2 Å². The minimum Gasteiger partial charge on any atom is -0.459 e. The van der Waals surface area contributed by atoms with Crippen molar-refractivity contribution in [2.45, 2.75) is 13.0 Å². The molecule has 4 rings (SSSR count). The first-order chi connectivity index (χ1) is 12.2. The topological polar surface area (TPSA) is 60.1 Å². The number of amides is 1. The van der Waals surface area contributed by atoms with Crippen LogP contribution in [0.15, 0.2) is 77.5 Å². The summed E-state index contributed by atoms with van der Waals surface area (Å²) in [5.74, 6) is 0.542. The number of fused-ring (bicyclic) bond motifs is 1. The van der Waals surface area contributed by atoms with E-state index in [0.29, 0.717) is 5.56 Å². The monoisotopic (exact) mass is 331 g/mol. The third kappa shape index (κ3) is 3.04. The zero-order chi connectivity index (χ0) is 17.2. The summed E-state index contributed by atoms with van der Waals surface area (Å²) < 4.78 is 7.49. The highest BCUT2D eigenvalue weighted by atomic mass is 16.3. The van der Waals surface area contributed by atoms with Gasteiger partial charge in [0.25, 0.3) is 5.91 Å². The highest BCUT2D eigenvalue weighted by molar-refractivity contribution is 5.94. The standard InChI is InChI=1S/C20H17N3O2/c1-14(19-11-15-7-5-6-10-18(15)25-19)22-20(24)16-12-21-23(13-16)17-8-3-2-4-9-17/h2-14H,1H3,(H,22,24). The maximum absolute atomic E-state index is 12.5. The van der Waals surface area contributed by atoms with Crippen LogP contribution in [-0.4, -0.2) is 15.7 Å². The van der Waals surface area contributed by atoms with Crippen LogP contribution in [0.5, 0.6) is 0 Å². The second kappa shape index (κ2) is 6.28. The van der Waals surface area contributed by atoms with E-state index in [-0.39, 0.29) is 11.9 Å². The molecule has 124 valence electrons. The van der Waals surface area contributed by atoms with Gasteiger partial charge in [0.05, 0.1) is 23.5 Å². The summed E-state index contributed by atoms with van der Waals surface area (Å²) in [5, 5.41) is 8.23. The fourth-order valence-electron chi connectivity index (χ4n) is 2.73. The smallest absolute Gasteiger partial charge is 0.255 e. The van der Waals surface area contributed by atoms with E-state index >= 15 is 0 Å². The molecule has 1 atom stereocenters. The fourth-order valence-corrected chi connectivity index (χ4v) is 2.73. The molecule has 5 nitrogen and oxygen atoms in total. The Morgan fingerprint density at radius 3 is 2.68 bits per heavy atom. The molecule has 0 aliphatic heterocycles. The van der Waals surface area contributed by atoms with Crippen molar-refractivity contribution in [1.82, 2.24) is 15.1 Å². The third-order valence-electron chi connectivity index (χ3n) is 4.08. The second-order valence-electron chi connectivity index (χ2n) is 5.89. The molecule has 4 aromatic rings. The quantitative estimate of drug-likeness (QED) is 0.612. The van der Waals surface area contributed by atoms with Crippen molar-refractivity contribution >= 4 is 16.9 Å². The van der Waals surface area contributed by atoms with Gasteiger partial charge in [0.1, 0.15) is 11.3 Å². The number of para-hydroxylation sites is 2. The van der Waals surface area contributed by atoms with Gasteiger partial charge < -0.3 is 9.73 Å². The van der Waals surface area contributed by atoms with Crippen LogP contribution >= 0.6 is 0 Å². The van der Waals surface area contributed by atoms with Crippen LogP contribution in [0.1, 0.15) is 29.1 Å². The maximum Gasteiger partial charge on any atom is 0.255 e. The lowest BCUT2D eigenvalue weighted by atomic mass is 10.2. The SMILES string of the molecule is CC(NC(=O)c1cnn(-c2ccccc2)c1)c1cc2ccccc2o1. The Morgan fingerprint density at radius 1 is 1.12 bits per heavy atom. The first-order valence-corrected chi connectivity index (χ1v) is 8.10. The molecular formula is C20H17N3O2. The van der Waals surface area contributed by atoms with Gasteiger partial charge in [-0.3, -0.25) is 4.79 Å². The average Bonchev–Trinajstić information content (AvgIpc) is 3.29. The van der Waals surface area contributed by atoms with Crippen LogP contribution in [0.2, 0.25) is 0 Å². The molecule has 1 N–H and O–H groups in total. The van der Waals surface area contributed by atoms with Gasteiger partial charge in [0.15, 0.2) is 0 Å². The zero-order valence-electron chi connectivity index (χ0n) is 13.7. The number of nitrogens with zero attached hydrogens (tertiary/aromatic N) is 2. The first kappa shape index (κ1) is 15.2. The summed E-state index contributed by atoms with van der Waals surface area (Å²) in [6.07, 6.45) is 3.28. The fraction of sp³-hybridized carbons (Fsp3) is 0.100. The highest BCUT2D eigenvalue weighted by Crippen LogP contribution is 2.23. The molecule has 0 fully saturated rings. The number of aromatic nitrogens is 2. The van der Waals surface area contributed by atoms with Crippen molar-refractivity contribution in [2.24, 2.45) is 0 Å². The zero-order valence-corrected chi connectivity index (χ0v) is 13.7. The van der Waals surface area contributed by atoms with Crippen molar-refractivity contribution in [1.29, 1.82) is 0 Å². The number of benzene rings is 2. The summed E-state index contributed by atoms with van der Waals surface area (Å²) in [7, 11) is 0. The van der Waals surface area contributed by atoms with Gasteiger partial charge in [-0.25, -0.2) is 4.68 Å². The summed E-state index contributed by atoms with van der Waals surface area (Å²) in [6.45, 7) is 1.90. The summed E-state index contributed by atoms with van der Waals surface area (Å²) in [6, 6.07) is 19.2. The molecule has 1 amide bonds. The Kier molecular flexibility index (Phi) is 3.82. The molecule has 2 aromatic carbocycles. The predicted octanol–water partition coefficient (Wildman–Crippen LogP) is 4.11. The van der Waals surface area contributed by atoms with Crippen LogP contribution in [0, 0.1) is 0 Å². The molecule has 0 aliphatic carbocycles. The molecule has 5 heteroatoms. The lowest BCUT2D eigenvalue weighted by Gasteiger charge is -2.10. The van der Waals surface area contributed by atoms with Crippen molar-refractivity contribution in [3.8, 4) is 5.69 Å². The third-order valence-corrected chi connectivity index (χ3v) is 4.08. The molecule has 1 unspecified atom stereocenters. The minimum atomic E-state index is -0.236. The normalized spacial score (nSPS) is 12.2. The number of nitrogens with one attached hydrogen (secondary N) is 1. The molecular weight excluding hydrogens is 314 g/mol. The van der Waals surface area contributed by atoms with Crippen LogP contribution in [-0.2, 0) is 0 Å². The maximum atomic E-state index is 12.5. The number of furan rings is 1. The second-order valence-corrected chi connectivity index (χ2v) is 5.89. The lowest BCUT2D eigenvalue weighted by Crippen LogP contribution is -2.26. The molecule has 0 radical (unpaired) electrons. The Hall–Kier alpha value is -3.34. The summed E-state index contributed by atoms with van der Waals surface area (Å²) in [5.41, 5.74) is 2.23. The van der Waals surface area contributed by atoms with Gasteiger partial charge in [-0.2, -0.15) is 5.10 Å². The Balaban J connectivity index is 1.51. The molecule has 0 bridgehead atoms. The van der Waals surface area contributed by atoms with Crippen LogP contribution < -0.4 is 5.32 Å². The molecule has 2 aromatic heterocycles. The number of rotatable bonds is 4. The van der Waals surface area contributed by atoms with E-state index in [9.17, 15) is 4.79 Å². The molecule has 0 saturated heterocycles. The van der Waals surface area contributed by atoms with Gasteiger partial charge >= 0.3 is 0 Å². The Morgan fingerprint density at radius 2 is 1.88 bits per heavy atom. The van der Waals surface area contributed by atoms with Gasteiger partial charge in [-0.15, -0.1) is 0 Å². The number of carbonyl (C=O) groups excluding carboxylic acids is 1. The number of hydrogen-bond acceptors (Lipinski definition) is 3. The molecule has 0 spiro atoms. The van der Waals surface area contributed by atoms with Crippen molar-refractivity contribution < 1.29 is 9.21 Å². The van der Waals surface area contributed by atoms with Crippen molar-refractivity contribution in [2.75, 3.05) is 0 Å². The largest absolute Gasteiger partial charge is 0.459 e. The predicted molar refractivity (Wildman–Crippen MR) is 95.7 cm³/mol. The van der Waals surface area contributed by atoms with E-state index < -0.39 is 0 Å². The summed E-state index contributed by atoms with van der Waals surface area (Å²) >= 11 is 0. The van der Waals surface area contributed by atoms with E-state index in [2.05, 4.69) is 10.4 Å². The molecule has 25 heavy (non-hydrogen) atoms. The van der Waals surface area contributed by atoms with Crippen molar-refractivity contribution in [3.05, 3.63) is 84.4 Å². The molecule has 0 aliphatic rings. The number of hydrogen-bond donors (Lipinski definition) is 1. The Bertz CT molecular complexity index is 985. The summed E-state index contributed by atoms with van der Waals surface area (Å²) in [4.78, 5) is 12.5. The highest BCUT2D eigenvalue weighted by Gasteiger charge is 2.16.